The number of hydrogen-bond donors (Lipinski definition) is 2. The predicted molar refractivity (Wildman–Crippen MR) is 74.3 cm³/mol. The van der Waals surface area contributed by atoms with Crippen LogP contribution < -0.4 is 5.32 Å². The van der Waals surface area contributed by atoms with Crippen molar-refractivity contribution in [2.24, 2.45) is 0 Å². The van der Waals surface area contributed by atoms with E-state index in [0.29, 0.717) is 17.8 Å². The summed E-state index contributed by atoms with van der Waals surface area (Å²) in [6.45, 7) is 5.53. The number of aryl methyl sites for hydroxylation is 1. The van der Waals surface area contributed by atoms with Crippen LogP contribution in [0, 0.1) is 12.7 Å². The molecule has 0 aliphatic heterocycles. The fourth-order valence-electron chi connectivity index (χ4n) is 1.97. The Kier molecular flexibility index (Phi) is 5.49. The van der Waals surface area contributed by atoms with Gasteiger partial charge in [0.05, 0.1) is 6.42 Å². The van der Waals surface area contributed by atoms with Gasteiger partial charge in [0.15, 0.2) is 0 Å². The molecule has 1 aromatic carbocycles. The minimum Gasteiger partial charge on any atom is -0.481 e. The molecule has 0 fully saturated rings. The molecule has 0 aliphatic carbocycles. The Labute approximate surface area is 117 Å². The highest BCUT2D eigenvalue weighted by atomic mass is 19.1. The van der Waals surface area contributed by atoms with E-state index in [9.17, 15) is 14.0 Å². The van der Waals surface area contributed by atoms with E-state index in [1.165, 1.54) is 23.1 Å². The SMILES string of the molecule is CCN(C(=O)Nc1ccc(F)cc1C)C(C)CC(=O)O. The van der Waals surface area contributed by atoms with Crippen LogP contribution >= 0.6 is 0 Å². The molecule has 0 aliphatic rings. The lowest BCUT2D eigenvalue weighted by Gasteiger charge is -2.27. The lowest BCUT2D eigenvalue weighted by molar-refractivity contribution is -0.137. The summed E-state index contributed by atoms with van der Waals surface area (Å²) in [7, 11) is 0. The van der Waals surface area contributed by atoms with Gasteiger partial charge in [-0.05, 0) is 44.5 Å². The van der Waals surface area contributed by atoms with Crippen LogP contribution in [-0.4, -0.2) is 34.6 Å². The van der Waals surface area contributed by atoms with Gasteiger partial charge in [-0.1, -0.05) is 0 Å². The Balaban J connectivity index is 2.79. The van der Waals surface area contributed by atoms with Crippen LogP contribution in [0.25, 0.3) is 0 Å². The van der Waals surface area contributed by atoms with Gasteiger partial charge in [0.2, 0.25) is 0 Å². The van der Waals surface area contributed by atoms with Crippen LogP contribution in [-0.2, 0) is 4.79 Å². The molecule has 1 atom stereocenters. The standard InChI is InChI=1S/C14H19FN2O3/c1-4-17(10(3)8-13(18)19)14(20)16-12-6-5-11(15)7-9(12)2/h5-7,10H,4,8H2,1-3H3,(H,16,20)(H,18,19). The molecule has 5 nitrogen and oxygen atoms in total. The van der Waals surface area contributed by atoms with Crippen LogP contribution in [0.1, 0.15) is 25.8 Å². The maximum Gasteiger partial charge on any atom is 0.322 e. The summed E-state index contributed by atoms with van der Waals surface area (Å²) in [5, 5.41) is 11.4. The molecule has 0 aromatic heterocycles. The third kappa shape index (κ3) is 4.22. The van der Waals surface area contributed by atoms with E-state index in [4.69, 9.17) is 5.11 Å². The van der Waals surface area contributed by atoms with Crippen LogP contribution in [0.2, 0.25) is 0 Å². The van der Waals surface area contributed by atoms with E-state index in [2.05, 4.69) is 5.32 Å². The van der Waals surface area contributed by atoms with Gasteiger partial charge in [-0.15, -0.1) is 0 Å². The lowest BCUT2D eigenvalue weighted by atomic mass is 10.2. The van der Waals surface area contributed by atoms with Gasteiger partial charge in [-0.2, -0.15) is 0 Å². The number of carbonyl (C=O) groups is 2. The number of halogens is 1. The number of carboxylic acid groups (broad SMARTS) is 1. The first-order chi connectivity index (χ1) is 9.35. The van der Waals surface area contributed by atoms with Gasteiger partial charge in [0, 0.05) is 18.3 Å². The number of anilines is 1. The third-order valence-electron chi connectivity index (χ3n) is 3.03. The van der Waals surface area contributed by atoms with Crippen molar-refractivity contribution in [3.05, 3.63) is 29.6 Å². The monoisotopic (exact) mass is 282 g/mol. The first-order valence-electron chi connectivity index (χ1n) is 6.40. The number of nitrogens with zero attached hydrogens (tertiary/aromatic N) is 1. The number of carbonyl (C=O) groups excluding carboxylic acids is 1. The van der Waals surface area contributed by atoms with Crippen molar-refractivity contribution >= 4 is 17.7 Å². The molecule has 6 heteroatoms. The van der Waals surface area contributed by atoms with Crippen molar-refractivity contribution in [3.8, 4) is 0 Å². The van der Waals surface area contributed by atoms with Crippen molar-refractivity contribution in [1.82, 2.24) is 4.90 Å². The average Bonchev–Trinajstić information content (AvgIpc) is 2.32. The topological polar surface area (TPSA) is 69.6 Å². The van der Waals surface area contributed by atoms with Crippen molar-refractivity contribution in [2.45, 2.75) is 33.2 Å². The maximum absolute atomic E-state index is 13.0. The van der Waals surface area contributed by atoms with Gasteiger partial charge < -0.3 is 15.3 Å². The number of carboxylic acids is 1. The number of benzene rings is 1. The fourth-order valence-corrected chi connectivity index (χ4v) is 1.97. The average molecular weight is 282 g/mol. The first-order valence-corrected chi connectivity index (χ1v) is 6.40. The smallest absolute Gasteiger partial charge is 0.322 e. The highest BCUT2D eigenvalue weighted by Crippen LogP contribution is 2.17. The molecule has 2 amide bonds. The largest absolute Gasteiger partial charge is 0.481 e. The highest BCUT2D eigenvalue weighted by molar-refractivity contribution is 5.90. The van der Waals surface area contributed by atoms with Crippen molar-refractivity contribution < 1.29 is 19.1 Å². The molecule has 0 saturated heterocycles. The van der Waals surface area contributed by atoms with Crippen LogP contribution in [0.4, 0.5) is 14.9 Å². The Morgan fingerprint density at radius 2 is 2.10 bits per heavy atom. The van der Waals surface area contributed by atoms with E-state index >= 15 is 0 Å². The molecule has 0 heterocycles. The van der Waals surface area contributed by atoms with Crippen molar-refractivity contribution in [1.29, 1.82) is 0 Å². The Hall–Kier alpha value is -2.11. The van der Waals surface area contributed by atoms with Crippen molar-refractivity contribution in [3.63, 3.8) is 0 Å². The molecule has 0 spiro atoms. The molecular formula is C14H19FN2O3. The zero-order valence-electron chi connectivity index (χ0n) is 11.8. The molecular weight excluding hydrogens is 263 g/mol. The molecule has 0 bridgehead atoms. The highest BCUT2D eigenvalue weighted by Gasteiger charge is 2.21. The van der Waals surface area contributed by atoms with E-state index < -0.39 is 18.0 Å². The first kappa shape index (κ1) is 15.9. The molecule has 0 radical (unpaired) electrons. The Morgan fingerprint density at radius 3 is 2.60 bits per heavy atom. The number of rotatable bonds is 5. The second-order valence-corrected chi connectivity index (χ2v) is 4.62. The van der Waals surface area contributed by atoms with Crippen LogP contribution in [0.5, 0.6) is 0 Å². The fraction of sp³-hybridized carbons (Fsp3) is 0.429. The van der Waals surface area contributed by atoms with E-state index in [-0.39, 0.29) is 12.2 Å². The Morgan fingerprint density at radius 1 is 1.45 bits per heavy atom. The van der Waals surface area contributed by atoms with E-state index in [1.54, 1.807) is 20.8 Å². The van der Waals surface area contributed by atoms with Gasteiger partial charge in [0.25, 0.3) is 0 Å². The quantitative estimate of drug-likeness (QED) is 0.872. The normalized spacial score (nSPS) is 11.8. The molecule has 20 heavy (non-hydrogen) atoms. The lowest BCUT2D eigenvalue weighted by Crippen LogP contribution is -2.42. The summed E-state index contributed by atoms with van der Waals surface area (Å²) >= 11 is 0. The van der Waals surface area contributed by atoms with E-state index in [0.717, 1.165) is 0 Å². The third-order valence-corrected chi connectivity index (χ3v) is 3.03. The van der Waals surface area contributed by atoms with Gasteiger partial charge in [-0.3, -0.25) is 4.79 Å². The molecule has 1 unspecified atom stereocenters. The number of amides is 2. The summed E-state index contributed by atoms with van der Waals surface area (Å²) in [5.41, 5.74) is 1.12. The molecule has 0 saturated carbocycles. The minimum atomic E-state index is -0.957. The Bertz CT molecular complexity index is 505. The molecule has 2 N–H and O–H groups in total. The number of urea groups is 1. The maximum atomic E-state index is 13.0. The number of nitrogens with one attached hydrogen (secondary N) is 1. The zero-order chi connectivity index (χ0) is 15.3. The van der Waals surface area contributed by atoms with Gasteiger partial charge >= 0.3 is 12.0 Å². The summed E-state index contributed by atoms with van der Waals surface area (Å²) < 4.78 is 13.0. The second kappa shape index (κ2) is 6.88. The number of aliphatic carboxylic acids is 1. The molecule has 1 rings (SSSR count). The van der Waals surface area contributed by atoms with E-state index in [1.807, 2.05) is 0 Å². The van der Waals surface area contributed by atoms with Crippen LogP contribution in [0.3, 0.4) is 0 Å². The summed E-state index contributed by atoms with van der Waals surface area (Å²) in [6, 6.07) is 3.26. The van der Waals surface area contributed by atoms with Crippen molar-refractivity contribution in [2.75, 3.05) is 11.9 Å². The number of hydrogen-bond acceptors (Lipinski definition) is 2. The van der Waals surface area contributed by atoms with Crippen LogP contribution in [0.15, 0.2) is 18.2 Å². The second-order valence-electron chi connectivity index (χ2n) is 4.62. The van der Waals surface area contributed by atoms with Gasteiger partial charge in [-0.25, -0.2) is 9.18 Å². The summed E-state index contributed by atoms with van der Waals surface area (Å²) in [6.07, 6.45) is -0.121. The van der Waals surface area contributed by atoms with Gasteiger partial charge in [0.1, 0.15) is 5.82 Å². The summed E-state index contributed by atoms with van der Waals surface area (Å²) in [5.74, 6) is -1.33. The minimum absolute atomic E-state index is 0.121. The molecule has 110 valence electrons. The zero-order valence-corrected chi connectivity index (χ0v) is 11.8. The predicted octanol–water partition coefficient (Wildman–Crippen LogP) is 2.85. The summed E-state index contributed by atoms with van der Waals surface area (Å²) in [4.78, 5) is 24.3. The molecule has 1 aromatic rings.